The van der Waals surface area contributed by atoms with Crippen molar-refractivity contribution in [1.29, 1.82) is 0 Å². The van der Waals surface area contributed by atoms with Crippen LogP contribution in [-0.2, 0) is 9.53 Å². The Bertz CT molecular complexity index is 1020. The average Bonchev–Trinajstić information content (AvgIpc) is 3.00. The first-order valence-corrected chi connectivity index (χ1v) is 9.57. The second-order valence-corrected chi connectivity index (χ2v) is 7.29. The van der Waals surface area contributed by atoms with Crippen molar-refractivity contribution in [3.63, 3.8) is 0 Å². The Kier molecular flexibility index (Phi) is 6.44. The number of carbonyl (C=O) groups excluding carboxylic acids is 1. The third kappa shape index (κ3) is 4.41. The van der Waals surface area contributed by atoms with Gasteiger partial charge < -0.3 is 14.2 Å². The number of rotatable bonds is 6. The molecule has 0 spiro atoms. The van der Waals surface area contributed by atoms with Crippen LogP contribution in [0.3, 0.4) is 0 Å². The summed E-state index contributed by atoms with van der Waals surface area (Å²) in [6.45, 7) is 3.96. The van der Waals surface area contributed by atoms with E-state index in [0.29, 0.717) is 43.8 Å². The van der Waals surface area contributed by atoms with Gasteiger partial charge in [-0.05, 0) is 57.9 Å². The van der Waals surface area contributed by atoms with Crippen LogP contribution in [-0.4, -0.2) is 25.6 Å². The zero-order valence-electron chi connectivity index (χ0n) is 14.7. The van der Waals surface area contributed by atoms with Gasteiger partial charge in [0.15, 0.2) is 17.2 Å². The van der Waals surface area contributed by atoms with Gasteiger partial charge in [-0.1, -0.05) is 35.9 Å². The van der Waals surface area contributed by atoms with Crippen molar-refractivity contribution in [3.05, 3.63) is 74.3 Å². The molecule has 0 aliphatic carbocycles. The van der Waals surface area contributed by atoms with Gasteiger partial charge in [0, 0.05) is 5.02 Å². The lowest BCUT2D eigenvalue weighted by molar-refractivity contribution is -0.129. The Morgan fingerprint density at radius 2 is 2.07 bits per heavy atom. The molecule has 3 rings (SSSR count). The van der Waals surface area contributed by atoms with Crippen molar-refractivity contribution in [2.45, 2.75) is 0 Å². The van der Waals surface area contributed by atoms with Gasteiger partial charge in [-0.2, -0.15) is 0 Å². The molecule has 1 aliphatic rings. The highest BCUT2D eigenvalue weighted by Crippen LogP contribution is 2.37. The van der Waals surface area contributed by atoms with Crippen LogP contribution in [0.15, 0.2) is 58.1 Å². The SMILES string of the molecule is C=CCOc1c(Br)cc(/C=C2\N=C(c3ccc(Cl)cc3Cl)OC2=O)cc1OC. The maximum absolute atomic E-state index is 12.2. The standard InChI is InChI=1S/C20H14BrCl2NO4/c1-3-6-27-18-14(21)7-11(9-17(18)26-2)8-16-20(25)28-19(24-16)13-5-4-12(22)10-15(13)23/h3-5,7-10H,1,6H2,2H3/b16-8-. The molecule has 1 aliphatic heterocycles. The van der Waals surface area contributed by atoms with Crippen LogP contribution in [0.5, 0.6) is 11.5 Å². The second-order valence-electron chi connectivity index (χ2n) is 5.59. The van der Waals surface area contributed by atoms with E-state index in [1.807, 2.05) is 0 Å². The maximum atomic E-state index is 12.2. The molecule has 0 unspecified atom stereocenters. The van der Waals surface area contributed by atoms with Gasteiger partial charge in [-0.3, -0.25) is 0 Å². The molecule has 5 nitrogen and oxygen atoms in total. The third-order valence-electron chi connectivity index (χ3n) is 3.68. The Hall–Kier alpha value is -2.28. The summed E-state index contributed by atoms with van der Waals surface area (Å²) >= 11 is 15.5. The van der Waals surface area contributed by atoms with Crippen molar-refractivity contribution >= 4 is 57.1 Å². The first-order chi connectivity index (χ1) is 13.4. The van der Waals surface area contributed by atoms with E-state index in [9.17, 15) is 4.79 Å². The predicted octanol–water partition coefficient (Wildman–Crippen LogP) is 5.67. The number of aliphatic imine (C=N–C) groups is 1. The number of nitrogens with zero attached hydrogens (tertiary/aromatic N) is 1. The van der Waals surface area contributed by atoms with Crippen molar-refractivity contribution < 1.29 is 19.0 Å². The lowest BCUT2D eigenvalue weighted by Gasteiger charge is -2.12. The minimum atomic E-state index is -0.580. The van der Waals surface area contributed by atoms with Gasteiger partial charge in [0.1, 0.15) is 6.61 Å². The molecule has 8 heteroatoms. The molecule has 2 aromatic carbocycles. The molecule has 2 aromatic rings. The highest BCUT2D eigenvalue weighted by molar-refractivity contribution is 9.10. The van der Waals surface area contributed by atoms with Gasteiger partial charge >= 0.3 is 5.97 Å². The number of cyclic esters (lactones) is 1. The highest BCUT2D eigenvalue weighted by atomic mass is 79.9. The molecule has 0 bridgehead atoms. The minimum absolute atomic E-state index is 0.120. The number of halogens is 3. The normalized spacial score (nSPS) is 14.6. The zero-order valence-corrected chi connectivity index (χ0v) is 17.8. The van der Waals surface area contributed by atoms with Crippen molar-refractivity contribution in [3.8, 4) is 11.5 Å². The molecule has 0 aromatic heterocycles. The summed E-state index contributed by atoms with van der Waals surface area (Å²) < 4.78 is 16.9. The fourth-order valence-electron chi connectivity index (χ4n) is 2.45. The Morgan fingerprint density at radius 3 is 2.75 bits per heavy atom. The zero-order chi connectivity index (χ0) is 20.3. The van der Waals surface area contributed by atoms with Gasteiger partial charge in [-0.15, -0.1) is 0 Å². The Balaban J connectivity index is 1.96. The van der Waals surface area contributed by atoms with Crippen LogP contribution in [0.4, 0.5) is 0 Å². The van der Waals surface area contributed by atoms with Crippen LogP contribution in [0.25, 0.3) is 6.08 Å². The van der Waals surface area contributed by atoms with E-state index in [-0.39, 0.29) is 11.6 Å². The molecule has 0 radical (unpaired) electrons. The predicted molar refractivity (Wildman–Crippen MR) is 113 cm³/mol. The Morgan fingerprint density at radius 1 is 1.29 bits per heavy atom. The lowest BCUT2D eigenvalue weighted by Crippen LogP contribution is -2.05. The van der Waals surface area contributed by atoms with Gasteiger partial charge in [0.2, 0.25) is 5.90 Å². The van der Waals surface area contributed by atoms with Crippen LogP contribution in [0.2, 0.25) is 10.0 Å². The van der Waals surface area contributed by atoms with Gasteiger partial charge in [0.25, 0.3) is 0 Å². The first kappa shape index (κ1) is 20.5. The topological polar surface area (TPSA) is 57.1 Å². The summed E-state index contributed by atoms with van der Waals surface area (Å²) in [4.78, 5) is 16.5. The molecular formula is C20H14BrCl2NO4. The fourth-order valence-corrected chi connectivity index (χ4v) is 3.51. The van der Waals surface area contributed by atoms with Crippen molar-refractivity contribution in [1.82, 2.24) is 0 Å². The van der Waals surface area contributed by atoms with Crippen LogP contribution in [0, 0.1) is 0 Å². The van der Waals surface area contributed by atoms with Crippen LogP contribution in [0.1, 0.15) is 11.1 Å². The van der Waals surface area contributed by atoms with E-state index in [0.717, 1.165) is 0 Å². The Labute approximate surface area is 180 Å². The summed E-state index contributed by atoms with van der Waals surface area (Å²) in [5, 5.41) is 0.818. The molecule has 28 heavy (non-hydrogen) atoms. The monoisotopic (exact) mass is 481 g/mol. The van der Waals surface area contributed by atoms with E-state index in [4.69, 9.17) is 37.4 Å². The molecule has 0 atom stereocenters. The molecule has 144 valence electrons. The third-order valence-corrected chi connectivity index (χ3v) is 4.82. The summed E-state index contributed by atoms with van der Waals surface area (Å²) in [6, 6.07) is 8.35. The highest BCUT2D eigenvalue weighted by Gasteiger charge is 2.26. The van der Waals surface area contributed by atoms with E-state index in [1.54, 1.807) is 42.5 Å². The number of benzene rings is 2. The molecule has 1 heterocycles. The van der Waals surface area contributed by atoms with E-state index < -0.39 is 5.97 Å². The number of esters is 1. The minimum Gasteiger partial charge on any atom is -0.493 e. The number of carbonyl (C=O) groups is 1. The smallest absolute Gasteiger partial charge is 0.363 e. The number of methoxy groups -OCH3 is 1. The number of ether oxygens (including phenoxy) is 3. The molecule has 0 amide bonds. The molecular weight excluding hydrogens is 469 g/mol. The molecule has 0 fully saturated rings. The largest absolute Gasteiger partial charge is 0.493 e. The van der Waals surface area contributed by atoms with Crippen molar-refractivity contribution in [2.75, 3.05) is 13.7 Å². The average molecular weight is 483 g/mol. The van der Waals surface area contributed by atoms with Gasteiger partial charge in [0.05, 0.1) is 22.2 Å². The maximum Gasteiger partial charge on any atom is 0.363 e. The van der Waals surface area contributed by atoms with E-state index in [1.165, 1.54) is 7.11 Å². The quantitative estimate of drug-likeness (QED) is 0.302. The summed E-state index contributed by atoms with van der Waals surface area (Å²) in [7, 11) is 1.53. The van der Waals surface area contributed by atoms with Crippen molar-refractivity contribution in [2.24, 2.45) is 4.99 Å². The van der Waals surface area contributed by atoms with Crippen LogP contribution >= 0.6 is 39.1 Å². The molecule has 0 N–H and O–H groups in total. The summed E-state index contributed by atoms with van der Waals surface area (Å²) in [5.41, 5.74) is 1.29. The second kappa shape index (κ2) is 8.82. The number of hydrogen-bond acceptors (Lipinski definition) is 5. The van der Waals surface area contributed by atoms with Gasteiger partial charge in [-0.25, -0.2) is 9.79 Å². The lowest BCUT2D eigenvalue weighted by atomic mass is 10.1. The van der Waals surface area contributed by atoms with Crippen LogP contribution < -0.4 is 9.47 Å². The number of hydrogen-bond donors (Lipinski definition) is 0. The molecule has 0 saturated carbocycles. The first-order valence-electron chi connectivity index (χ1n) is 8.02. The fraction of sp³-hybridized carbons (Fsp3) is 0.100. The van der Waals surface area contributed by atoms with E-state index in [2.05, 4.69) is 27.5 Å². The molecule has 0 saturated heterocycles. The summed E-state index contributed by atoms with van der Waals surface area (Å²) in [6.07, 6.45) is 3.22. The van der Waals surface area contributed by atoms with E-state index >= 15 is 0 Å². The summed E-state index contributed by atoms with van der Waals surface area (Å²) in [5.74, 6) is 0.577.